The van der Waals surface area contributed by atoms with Gasteiger partial charge in [-0.05, 0) is 12.8 Å². The number of aryl methyl sites for hydroxylation is 1. The van der Waals surface area contributed by atoms with Crippen molar-refractivity contribution in [2.24, 2.45) is 0 Å². The molecule has 3 heteroatoms. The molecule has 2 heterocycles. The molecule has 0 aromatic carbocycles. The van der Waals surface area contributed by atoms with Gasteiger partial charge in [-0.3, -0.25) is 4.40 Å². The van der Waals surface area contributed by atoms with Crippen LogP contribution in [0.3, 0.4) is 0 Å². The largest absolute Gasteiger partial charge is 0.294 e. The van der Waals surface area contributed by atoms with Crippen molar-refractivity contribution in [3.63, 3.8) is 0 Å². The van der Waals surface area contributed by atoms with Crippen LogP contribution >= 0.6 is 11.3 Å². The third-order valence-electron chi connectivity index (χ3n) is 1.95. The first-order valence-corrected chi connectivity index (χ1v) is 6.99. The summed E-state index contributed by atoms with van der Waals surface area (Å²) in [6, 6.07) is 0. The number of hydrogen-bond donors (Lipinski definition) is 0. The first-order valence-electron chi connectivity index (χ1n) is 6.11. The zero-order valence-electron chi connectivity index (χ0n) is 11.5. The molecule has 0 aliphatic heterocycles. The minimum atomic E-state index is 0.576. The van der Waals surface area contributed by atoms with Crippen LogP contribution in [0.5, 0.6) is 0 Å². The Morgan fingerprint density at radius 3 is 2.25 bits per heavy atom. The lowest BCUT2D eigenvalue weighted by molar-refractivity contribution is 0.811. The first-order chi connectivity index (χ1) is 7.68. The number of thiazole rings is 1. The van der Waals surface area contributed by atoms with E-state index in [9.17, 15) is 0 Å². The molecule has 0 unspecified atom stereocenters. The Bertz CT molecular complexity index is 399. The molecular weight excluding hydrogens is 216 g/mol. The van der Waals surface area contributed by atoms with Crippen LogP contribution in [0.15, 0.2) is 11.6 Å². The lowest BCUT2D eigenvalue weighted by Gasteiger charge is -2.00. The second-order valence-corrected chi connectivity index (χ2v) is 4.19. The Labute approximate surface area is 103 Å². The molecule has 0 aliphatic carbocycles. The Morgan fingerprint density at radius 1 is 1.19 bits per heavy atom. The highest BCUT2D eigenvalue weighted by Crippen LogP contribution is 2.22. The van der Waals surface area contributed by atoms with Crippen LogP contribution in [-0.4, -0.2) is 9.38 Å². The van der Waals surface area contributed by atoms with E-state index in [1.165, 1.54) is 5.69 Å². The molecule has 0 amide bonds. The van der Waals surface area contributed by atoms with Gasteiger partial charge in [0.15, 0.2) is 4.96 Å². The molecule has 0 radical (unpaired) electrons. The third-order valence-corrected chi connectivity index (χ3v) is 2.81. The van der Waals surface area contributed by atoms with E-state index in [1.54, 1.807) is 11.3 Å². The summed E-state index contributed by atoms with van der Waals surface area (Å²) in [5.74, 6) is 0.576. The van der Waals surface area contributed by atoms with Gasteiger partial charge in [0.1, 0.15) is 0 Å². The zero-order valence-corrected chi connectivity index (χ0v) is 12.4. The predicted molar refractivity (Wildman–Crippen MR) is 74.6 cm³/mol. The molecule has 0 fully saturated rings. The van der Waals surface area contributed by atoms with Gasteiger partial charge in [-0.2, -0.15) is 0 Å². The second-order valence-electron chi connectivity index (χ2n) is 3.35. The van der Waals surface area contributed by atoms with Gasteiger partial charge in [-0.25, -0.2) is 4.98 Å². The van der Waals surface area contributed by atoms with Gasteiger partial charge in [0.05, 0.1) is 5.69 Å². The van der Waals surface area contributed by atoms with E-state index in [1.807, 2.05) is 34.6 Å². The summed E-state index contributed by atoms with van der Waals surface area (Å²) in [5.41, 5.74) is 2.46. The molecule has 2 rings (SSSR count). The Balaban J connectivity index is 0.000000509. The van der Waals surface area contributed by atoms with Gasteiger partial charge >= 0.3 is 0 Å². The second kappa shape index (κ2) is 7.44. The van der Waals surface area contributed by atoms with Crippen molar-refractivity contribution in [3.8, 4) is 0 Å². The Hall–Kier alpha value is -0.830. The summed E-state index contributed by atoms with van der Waals surface area (Å²) in [5, 5.41) is 2.19. The summed E-state index contributed by atoms with van der Waals surface area (Å²) >= 11 is 1.71. The van der Waals surface area contributed by atoms with Gasteiger partial charge in [-0.15, -0.1) is 11.3 Å². The minimum absolute atomic E-state index is 0.576. The molecule has 16 heavy (non-hydrogen) atoms. The van der Waals surface area contributed by atoms with E-state index < -0.39 is 0 Å². The number of fused-ring (bicyclic) bond motifs is 1. The maximum absolute atomic E-state index is 4.40. The molecule has 0 saturated carbocycles. The average Bonchev–Trinajstić information content (AvgIpc) is 2.82. The van der Waals surface area contributed by atoms with Gasteiger partial charge in [0.2, 0.25) is 0 Å². The maximum Gasteiger partial charge on any atom is 0.194 e. The summed E-state index contributed by atoms with van der Waals surface area (Å²) < 4.78 is 2.19. The lowest BCUT2D eigenvalue weighted by Crippen LogP contribution is -1.91. The van der Waals surface area contributed by atoms with Gasteiger partial charge in [0.25, 0.3) is 0 Å². The molecule has 2 aromatic heterocycles. The Morgan fingerprint density at radius 2 is 1.75 bits per heavy atom. The number of nitrogens with zero attached hydrogens (tertiary/aromatic N) is 2. The standard InChI is InChI=1S/C9H12N2S.2C2H6/c1-6(2)8-5-12-9-10-7(3)4-11(8)9;2*1-2/h4-6H,1-3H3;2*1-2H3. The van der Waals surface area contributed by atoms with Gasteiger partial charge in [-0.1, -0.05) is 41.5 Å². The maximum atomic E-state index is 4.40. The van der Waals surface area contributed by atoms with Crippen LogP contribution in [0.1, 0.15) is 58.8 Å². The normalized spacial score (nSPS) is 9.50. The molecule has 2 aromatic rings. The summed E-state index contributed by atoms with van der Waals surface area (Å²) in [6.07, 6.45) is 2.10. The number of hydrogen-bond acceptors (Lipinski definition) is 2. The van der Waals surface area contributed by atoms with Crippen molar-refractivity contribution in [2.75, 3.05) is 0 Å². The molecule has 0 aliphatic rings. The van der Waals surface area contributed by atoms with Crippen LogP contribution in [0.25, 0.3) is 4.96 Å². The van der Waals surface area contributed by atoms with Crippen molar-refractivity contribution < 1.29 is 0 Å². The molecule has 0 spiro atoms. The van der Waals surface area contributed by atoms with Crippen LogP contribution in [0.4, 0.5) is 0 Å². The monoisotopic (exact) mass is 240 g/mol. The first kappa shape index (κ1) is 15.2. The number of aromatic nitrogens is 2. The highest BCUT2D eigenvalue weighted by Gasteiger charge is 2.08. The highest BCUT2D eigenvalue weighted by atomic mass is 32.1. The van der Waals surface area contributed by atoms with E-state index in [4.69, 9.17) is 0 Å². The van der Waals surface area contributed by atoms with E-state index in [0.717, 1.165) is 10.7 Å². The summed E-state index contributed by atoms with van der Waals surface area (Å²) in [6.45, 7) is 14.4. The Kier molecular flexibility index (Phi) is 7.06. The smallest absolute Gasteiger partial charge is 0.194 e. The molecule has 0 N–H and O–H groups in total. The van der Waals surface area contributed by atoms with Crippen molar-refractivity contribution >= 4 is 16.3 Å². The molecule has 2 nitrogen and oxygen atoms in total. The molecule has 0 atom stereocenters. The summed E-state index contributed by atoms with van der Waals surface area (Å²) in [4.78, 5) is 5.51. The molecule has 0 bridgehead atoms. The zero-order chi connectivity index (χ0) is 12.7. The van der Waals surface area contributed by atoms with Crippen molar-refractivity contribution in [3.05, 3.63) is 23.0 Å². The lowest BCUT2D eigenvalue weighted by atomic mass is 10.2. The fourth-order valence-electron chi connectivity index (χ4n) is 1.33. The van der Waals surface area contributed by atoms with Crippen molar-refractivity contribution in [1.82, 2.24) is 9.38 Å². The van der Waals surface area contributed by atoms with Crippen molar-refractivity contribution in [1.29, 1.82) is 0 Å². The number of imidazole rings is 1. The predicted octanol–water partition coefficient (Wildman–Crippen LogP) is 4.88. The summed E-state index contributed by atoms with van der Waals surface area (Å²) in [7, 11) is 0. The van der Waals surface area contributed by atoms with Gasteiger partial charge < -0.3 is 0 Å². The average molecular weight is 240 g/mol. The fraction of sp³-hybridized carbons (Fsp3) is 0.615. The van der Waals surface area contributed by atoms with Crippen LogP contribution in [-0.2, 0) is 0 Å². The topological polar surface area (TPSA) is 17.3 Å². The van der Waals surface area contributed by atoms with E-state index >= 15 is 0 Å². The van der Waals surface area contributed by atoms with E-state index in [2.05, 4.69) is 34.8 Å². The van der Waals surface area contributed by atoms with Crippen LogP contribution in [0, 0.1) is 6.92 Å². The minimum Gasteiger partial charge on any atom is -0.294 e. The quantitative estimate of drug-likeness (QED) is 0.694. The molecule has 0 saturated heterocycles. The van der Waals surface area contributed by atoms with Gasteiger partial charge in [0, 0.05) is 17.3 Å². The van der Waals surface area contributed by atoms with E-state index in [0.29, 0.717) is 5.92 Å². The highest BCUT2D eigenvalue weighted by molar-refractivity contribution is 7.15. The van der Waals surface area contributed by atoms with Crippen LogP contribution < -0.4 is 0 Å². The fourth-order valence-corrected chi connectivity index (χ4v) is 2.41. The number of rotatable bonds is 1. The van der Waals surface area contributed by atoms with Crippen LogP contribution in [0.2, 0.25) is 0 Å². The SMILES string of the molecule is CC.CC.Cc1cn2c(C(C)C)csc2n1. The van der Waals surface area contributed by atoms with Crippen molar-refractivity contribution in [2.45, 2.75) is 54.4 Å². The van der Waals surface area contributed by atoms with E-state index in [-0.39, 0.29) is 0 Å². The molecular formula is C13H24N2S. The molecule has 92 valence electrons. The third kappa shape index (κ3) is 3.34.